The van der Waals surface area contributed by atoms with Crippen molar-refractivity contribution in [3.05, 3.63) is 23.8 Å². The maximum Gasteiger partial charge on any atom is 0.409 e. The number of anilines is 1. The van der Waals surface area contributed by atoms with E-state index in [9.17, 15) is 4.79 Å². The van der Waals surface area contributed by atoms with E-state index in [1.165, 1.54) is 0 Å². The fourth-order valence-corrected chi connectivity index (χ4v) is 4.91. The van der Waals surface area contributed by atoms with E-state index in [0.29, 0.717) is 56.9 Å². The van der Waals surface area contributed by atoms with E-state index in [1.54, 1.807) is 19.1 Å². The van der Waals surface area contributed by atoms with Gasteiger partial charge < -0.3 is 34.1 Å². The largest absolute Gasteiger partial charge is 0.493 e. The maximum absolute atomic E-state index is 12.2. The van der Waals surface area contributed by atoms with Crippen LogP contribution in [0.15, 0.2) is 18.2 Å². The SMILES string of the molecule is CCOC(=O)N1CCN(c2nc3cc(OC)c(OC)cc3cc2CNC2CCOC(C)(C)C2)CC1. The molecule has 1 aromatic heterocycles. The Labute approximate surface area is 207 Å². The molecule has 0 radical (unpaired) electrons. The number of hydrogen-bond donors (Lipinski definition) is 1. The molecule has 0 spiro atoms. The second-order valence-electron chi connectivity index (χ2n) is 9.72. The maximum atomic E-state index is 12.2. The van der Waals surface area contributed by atoms with E-state index in [-0.39, 0.29) is 11.7 Å². The topological polar surface area (TPSA) is 85.4 Å². The molecule has 2 aliphatic rings. The average Bonchev–Trinajstić information content (AvgIpc) is 2.85. The van der Waals surface area contributed by atoms with Crippen LogP contribution in [-0.2, 0) is 16.0 Å². The van der Waals surface area contributed by atoms with Gasteiger partial charge in [0.25, 0.3) is 0 Å². The van der Waals surface area contributed by atoms with Crippen molar-refractivity contribution in [2.45, 2.75) is 51.8 Å². The van der Waals surface area contributed by atoms with Gasteiger partial charge in [-0.15, -0.1) is 0 Å². The number of hydrogen-bond acceptors (Lipinski definition) is 8. The third kappa shape index (κ3) is 5.90. The van der Waals surface area contributed by atoms with E-state index in [0.717, 1.165) is 41.7 Å². The van der Waals surface area contributed by atoms with Gasteiger partial charge in [-0.2, -0.15) is 0 Å². The molecule has 9 heteroatoms. The Morgan fingerprint density at radius 3 is 2.51 bits per heavy atom. The van der Waals surface area contributed by atoms with Gasteiger partial charge in [0.15, 0.2) is 11.5 Å². The van der Waals surface area contributed by atoms with Gasteiger partial charge >= 0.3 is 6.09 Å². The molecular weight excluding hydrogens is 448 g/mol. The Morgan fingerprint density at radius 1 is 1.14 bits per heavy atom. The van der Waals surface area contributed by atoms with Gasteiger partial charge in [0.1, 0.15) is 5.82 Å². The summed E-state index contributed by atoms with van der Waals surface area (Å²) in [6, 6.07) is 6.47. The first-order valence-electron chi connectivity index (χ1n) is 12.4. The average molecular weight is 487 g/mol. The lowest BCUT2D eigenvalue weighted by molar-refractivity contribution is -0.0630. The van der Waals surface area contributed by atoms with Crippen LogP contribution in [-0.4, -0.2) is 81.2 Å². The summed E-state index contributed by atoms with van der Waals surface area (Å²) < 4.78 is 22.1. The van der Waals surface area contributed by atoms with E-state index in [1.807, 2.05) is 19.1 Å². The first-order chi connectivity index (χ1) is 16.8. The summed E-state index contributed by atoms with van der Waals surface area (Å²) in [5.74, 6) is 2.27. The lowest BCUT2D eigenvalue weighted by atomic mass is 9.94. The zero-order valence-corrected chi connectivity index (χ0v) is 21.6. The zero-order chi connectivity index (χ0) is 25.0. The molecule has 35 heavy (non-hydrogen) atoms. The number of amides is 1. The quantitative estimate of drug-likeness (QED) is 0.636. The molecule has 0 aliphatic carbocycles. The van der Waals surface area contributed by atoms with Crippen LogP contribution in [0.5, 0.6) is 11.5 Å². The predicted octanol–water partition coefficient (Wildman–Crippen LogP) is 3.58. The molecule has 1 N–H and O–H groups in total. The van der Waals surface area contributed by atoms with Crippen molar-refractivity contribution >= 4 is 22.8 Å². The van der Waals surface area contributed by atoms with Crippen LogP contribution in [0, 0.1) is 0 Å². The lowest BCUT2D eigenvalue weighted by Gasteiger charge is -2.37. The Hall–Kier alpha value is -2.78. The van der Waals surface area contributed by atoms with Crippen LogP contribution in [0.4, 0.5) is 10.6 Å². The number of piperazine rings is 1. The third-order valence-electron chi connectivity index (χ3n) is 6.76. The number of fused-ring (bicyclic) bond motifs is 1. The number of ether oxygens (including phenoxy) is 4. The number of aromatic nitrogens is 1. The molecule has 4 rings (SSSR count). The molecule has 9 nitrogen and oxygen atoms in total. The predicted molar refractivity (Wildman–Crippen MR) is 136 cm³/mol. The Balaban J connectivity index is 1.61. The summed E-state index contributed by atoms with van der Waals surface area (Å²) in [4.78, 5) is 21.3. The summed E-state index contributed by atoms with van der Waals surface area (Å²) in [6.45, 7) is 10.6. The molecular formula is C26H38N4O5. The number of nitrogens with zero attached hydrogens (tertiary/aromatic N) is 3. The van der Waals surface area contributed by atoms with E-state index in [2.05, 4.69) is 30.1 Å². The van der Waals surface area contributed by atoms with Crippen molar-refractivity contribution in [2.75, 3.05) is 58.5 Å². The first kappa shape index (κ1) is 25.3. The Kier molecular flexibility index (Phi) is 7.86. The van der Waals surface area contributed by atoms with Crippen LogP contribution in [0.1, 0.15) is 39.2 Å². The van der Waals surface area contributed by atoms with Crippen molar-refractivity contribution in [2.24, 2.45) is 0 Å². The fourth-order valence-electron chi connectivity index (χ4n) is 4.91. The van der Waals surface area contributed by atoms with Crippen molar-refractivity contribution < 1.29 is 23.7 Å². The van der Waals surface area contributed by atoms with Gasteiger partial charge in [-0.25, -0.2) is 9.78 Å². The molecule has 1 aromatic carbocycles. The molecule has 192 valence electrons. The van der Waals surface area contributed by atoms with E-state index >= 15 is 0 Å². The molecule has 0 bridgehead atoms. The summed E-state index contributed by atoms with van der Waals surface area (Å²) in [6.07, 6.45) is 1.70. The van der Waals surface area contributed by atoms with Crippen molar-refractivity contribution in [1.82, 2.24) is 15.2 Å². The third-order valence-corrected chi connectivity index (χ3v) is 6.76. The Bertz CT molecular complexity index is 1040. The van der Waals surface area contributed by atoms with Crippen LogP contribution in [0.3, 0.4) is 0 Å². The van der Waals surface area contributed by atoms with Crippen LogP contribution >= 0.6 is 0 Å². The van der Waals surface area contributed by atoms with E-state index < -0.39 is 0 Å². The monoisotopic (exact) mass is 486 g/mol. The summed E-state index contributed by atoms with van der Waals surface area (Å²) >= 11 is 0. The molecule has 2 saturated heterocycles. The molecule has 1 atom stereocenters. The highest BCUT2D eigenvalue weighted by Crippen LogP contribution is 2.34. The highest BCUT2D eigenvalue weighted by atomic mass is 16.6. The Morgan fingerprint density at radius 2 is 1.86 bits per heavy atom. The molecule has 2 aromatic rings. The number of rotatable bonds is 7. The van der Waals surface area contributed by atoms with Crippen molar-refractivity contribution in [3.63, 3.8) is 0 Å². The smallest absolute Gasteiger partial charge is 0.409 e. The number of methoxy groups -OCH3 is 2. The second-order valence-corrected chi connectivity index (χ2v) is 9.72. The van der Waals surface area contributed by atoms with Crippen molar-refractivity contribution in [3.8, 4) is 11.5 Å². The van der Waals surface area contributed by atoms with Gasteiger partial charge in [0.2, 0.25) is 0 Å². The van der Waals surface area contributed by atoms with Crippen LogP contribution in [0.2, 0.25) is 0 Å². The van der Waals surface area contributed by atoms with Gasteiger partial charge in [-0.1, -0.05) is 0 Å². The van der Waals surface area contributed by atoms with Gasteiger partial charge in [0.05, 0.1) is 31.9 Å². The minimum Gasteiger partial charge on any atom is -0.493 e. The molecule has 2 fully saturated rings. The summed E-state index contributed by atoms with van der Waals surface area (Å²) in [7, 11) is 3.27. The minimum atomic E-state index is -0.250. The highest BCUT2D eigenvalue weighted by molar-refractivity contribution is 5.85. The van der Waals surface area contributed by atoms with Gasteiger partial charge in [-0.05, 0) is 45.7 Å². The number of pyridine rings is 1. The second kappa shape index (κ2) is 10.9. The molecule has 0 saturated carbocycles. The number of benzene rings is 1. The molecule has 3 heterocycles. The number of nitrogens with one attached hydrogen (secondary N) is 1. The fraction of sp³-hybridized carbons (Fsp3) is 0.615. The molecule has 2 aliphatic heterocycles. The van der Waals surface area contributed by atoms with E-state index in [4.69, 9.17) is 23.9 Å². The van der Waals surface area contributed by atoms with Crippen LogP contribution in [0.25, 0.3) is 10.9 Å². The number of carbonyl (C=O) groups excluding carboxylic acids is 1. The molecule has 1 unspecified atom stereocenters. The van der Waals surface area contributed by atoms with Gasteiger partial charge in [-0.3, -0.25) is 0 Å². The zero-order valence-electron chi connectivity index (χ0n) is 21.6. The first-order valence-corrected chi connectivity index (χ1v) is 12.4. The standard InChI is InChI=1S/C26H38N4O5/c1-6-34-25(31)30-10-8-29(9-11-30)24-19(17-27-20-7-12-35-26(2,3)16-20)13-18-14-22(32-4)23(33-5)15-21(18)28-24/h13-15,20,27H,6-12,16-17H2,1-5H3. The highest BCUT2D eigenvalue weighted by Gasteiger charge is 2.29. The van der Waals surface area contributed by atoms with Crippen LogP contribution < -0.4 is 19.7 Å². The number of carbonyl (C=O) groups is 1. The summed E-state index contributed by atoms with van der Waals surface area (Å²) in [5.41, 5.74) is 1.85. The molecule has 1 amide bonds. The summed E-state index contributed by atoms with van der Waals surface area (Å²) in [5, 5.41) is 4.75. The van der Waals surface area contributed by atoms with Crippen molar-refractivity contribution in [1.29, 1.82) is 0 Å². The van der Waals surface area contributed by atoms with Gasteiger partial charge in [0, 0.05) is 62.4 Å². The lowest BCUT2D eigenvalue weighted by Crippen LogP contribution is -2.49. The minimum absolute atomic E-state index is 0.117. The normalized spacial score (nSPS) is 20.1.